The van der Waals surface area contributed by atoms with Crippen molar-refractivity contribution < 1.29 is 119 Å². The first-order valence-corrected chi connectivity index (χ1v) is 33.0. The molecule has 4 aliphatic heterocycles. The first kappa shape index (κ1) is 64.6. The molecule has 8 aromatic heterocycles. The number of anilines is 4. The summed E-state index contributed by atoms with van der Waals surface area (Å²) < 4.78 is 120. The molecule has 49 heteroatoms. The smallest absolute Gasteiger partial charge is 0.387 e. The van der Waals surface area contributed by atoms with Gasteiger partial charge >= 0.3 is 30.8 Å². The fourth-order valence-corrected chi connectivity index (χ4v) is 13.6. The van der Waals surface area contributed by atoms with Gasteiger partial charge in [-0.2, -0.15) is 0 Å². The number of aliphatic hydroxyl groups is 5. The van der Waals surface area contributed by atoms with E-state index < -0.39 is 168 Å². The zero-order valence-corrected chi connectivity index (χ0v) is 49.5. The van der Waals surface area contributed by atoms with Crippen LogP contribution in [0.5, 0.6) is 0 Å². The van der Waals surface area contributed by atoms with E-state index in [4.69, 9.17) is 74.0 Å². The van der Waals surface area contributed by atoms with E-state index in [0.717, 1.165) is 53.4 Å². The Morgan fingerprint density at radius 2 is 0.703 bits per heavy atom. The zero-order valence-electron chi connectivity index (χ0n) is 45.9. The maximum absolute atomic E-state index is 14.1. The second-order valence-corrected chi connectivity index (χ2v) is 26.7. The lowest BCUT2D eigenvalue weighted by Gasteiger charge is -2.25. The second-order valence-electron chi connectivity index (χ2n) is 20.6. The fraction of sp³-hybridized carbons (Fsp3) is 0.524. The molecule has 0 aliphatic carbocycles. The average Bonchev–Trinajstić information content (AvgIpc) is 1.66. The van der Waals surface area contributed by atoms with Gasteiger partial charge in [0.1, 0.15) is 133 Å². The molecular weight excluding hydrogens is 1310 g/mol. The minimum absolute atomic E-state index is 0.00197. The summed E-state index contributed by atoms with van der Waals surface area (Å²) in [6.07, 6.45) is -21.1. The Balaban J connectivity index is 0.733. The molecule has 4 fully saturated rings. The van der Waals surface area contributed by atoms with E-state index in [1.165, 1.54) is 15.5 Å². The molecule has 0 spiro atoms. The number of phosphoric ester groups is 2. The summed E-state index contributed by atoms with van der Waals surface area (Å²) in [6, 6.07) is 0. The number of aromatic nitrogens is 16. The molecule has 0 saturated carbocycles. The highest BCUT2D eigenvalue weighted by Gasteiger charge is 2.55. The van der Waals surface area contributed by atoms with Gasteiger partial charge in [0, 0.05) is 0 Å². The molecule has 3 unspecified atom stereocenters. The van der Waals surface area contributed by atoms with Crippen LogP contribution in [0.1, 0.15) is 24.9 Å². The molecular formula is C42H54N20O25P4. The number of fused-ring (bicyclic) bond motifs is 4. The number of nitrogen functional groups attached to an aromatic ring is 4. The number of imidazole rings is 4. The lowest BCUT2D eigenvalue weighted by Crippen LogP contribution is -2.37. The van der Waals surface area contributed by atoms with Crippen LogP contribution >= 0.6 is 30.8 Å². The molecule has 0 bridgehead atoms. The summed E-state index contributed by atoms with van der Waals surface area (Å²) in [5.74, 6) is -0.297. The number of nitrogens with two attached hydrogens (primary N) is 4. The minimum atomic E-state index is -5.57. The van der Waals surface area contributed by atoms with Gasteiger partial charge in [-0.3, -0.25) is 50.0 Å². The molecule has 0 amide bonds. The summed E-state index contributed by atoms with van der Waals surface area (Å²) in [4.78, 5) is 101. The van der Waals surface area contributed by atoms with Gasteiger partial charge in [-0.25, -0.2) is 68.9 Å². The molecule has 0 radical (unpaired) electrons. The van der Waals surface area contributed by atoms with Crippen LogP contribution in [0.15, 0.2) is 50.6 Å². The molecule has 12 heterocycles. The van der Waals surface area contributed by atoms with Crippen molar-refractivity contribution >= 4 is 98.8 Å². The van der Waals surface area contributed by atoms with E-state index in [1.54, 1.807) is 0 Å². The van der Waals surface area contributed by atoms with Crippen LogP contribution < -0.4 is 22.9 Å². The van der Waals surface area contributed by atoms with E-state index in [2.05, 4.69) is 59.8 Å². The van der Waals surface area contributed by atoms with Crippen molar-refractivity contribution in [2.45, 2.75) is 98.2 Å². The van der Waals surface area contributed by atoms with Crippen LogP contribution in [-0.2, 0) is 69.3 Å². The van der Waals surface area contributed by atoms with Crippen LogP contribution in [0.2, 0.25) is 0 Å². The van der Waals surface area contributed by atoms with Crippen molar-refractivity contribution in [2.75, 3.05) is 62.1 Å². The van der Waals surface area contributed by atoms with Crippen molar-refractivity contribution in [3.63, 3.8) is 0 Å². The van der Waals surface area contributed by atoms with E-state index in [1.807, 2.05) is 0 Å². The molecule has 492 valence electrons. The normalized spacial score (nSPS) is 30.9. The molecule has 4 saturated heterocycles. The number of hydrogen-bond acceptors (Lipinski definition) is 36. The molecule has 0 aromatic carbocycles. The van der Waals surface area contributed by atoms with Crippen molar-refractivity contribution in [2.24, 2.45) is 0 Å². The van der Waals surface area contributed by atoms with E-state index in [-0.39, 0.29) is 67.9 Å². The number of rotatable bonds is 24. The van der Waals surface area contributed by atoms with Crippen LogP contribution in [-0.4, -0.2) is 240 Å². The fourth-order valence-electron chi connectivity index (χ4n) is 10.4. The number of ether oxygens (including phenoxy) is 6. The Hall–Kier alpha value is -6.52. The molecule has 8 aromatic rings. The molecule has 45 nitrogen and oxygen atoms in total. The number of aliphatic hydroxyl groups excluding tert-OH is 5. The number of hydrogen-bond donors (Lipinski definition) is 14. The standard InChI is InChI=1S/C42H54N20O25P4/c43-31-19-35(51-5-47-31)59(9-55-19)39-27(67)23(63)17(81-39)3-79-90(73,74)87-30-26(66)18(84-42(30)62-12-58-22-34(46)50-8-54-38(22)62)4-80-91(75,76)86-29-25(65)16(83-41(29)61-11-57-21-33(45)49-7-53-37(21)61)2-78-14-89(71,72)85-28-24(64)15(1-77-13-88(68,69)70)82-40(28)60-10-56-20-32(44)48-6-52-36(20)60/h5-12,15-18,23-30,39-42,63-67H,1-4,13-14H2,(H,71,72)(H,73,74)(H,75,76)(H2,43,47,51)(H2,44,48,52)(H2,45,49,53)(H2,46,50,54)(H2,68,69,70)/t15-,16-,17-,18-,23-,24+,25+,26-,27-,28-,29-,30-,39-,40-,41-,42-/m1/s1. The SMILES string of the molecule is Nc1ncnc2c1ncn2[C@@H]1O[C@H](COP(=O)(O)O[C@@H]2[C@H](O)[C@@H](COP(=O)(O)O[C@@H]3[C@@H](O)[C@@H](COCP(=O)(O)O[C@@H]4[C@@H](O)[C@@H](COCP(=O)(O)O)O[C@H]4n4cnc5c(N)ncnc54)O[C@H]3n3cnc4c(N)ncnc43)O[C@H]2n2cnc3c(N)ncnc32)[C@@H](O)[C@H]1O. The topological polar surface area (TPSA) is 651 Å². The Morgan fingerprint density at radius 3 is 1.07 bits per heavy atom. The Labute approximate surface area is 505 Å². The summed E-state index contributed by atoms with van der Waals surface area (Å²) in [5.41, 5.74) is 24.1. The van der Waals surface area contributed by atoms with Gasteiger partial charge in [-0.05, 0) is 0 Å². The van der Waals surface area contributed by atoms with Crippen molar-refractivity contribution in [3.05, 3.63) is 50.6 Å². The first-order valence-electron chi connectivity index (χ1n) is 26.4. The minimum Gasteiger partial charge on any atom is -0.387 e. The van der Waals surface area contributed by atoms with Crippen LogP contribution in [0.3, 0.4) is 0 Å². The monoisotopic (exact) mass is 1360 g/mol. The molecule has 12 rings (SSSR count). The van der Waals surface area contributed by atoms with Crippen molar-refractivity contribution in [3.8, 4) is 0 Å². The molecule has 18 N–H and O–H groups in total. The molecule has 91 heavy (non-hydrogen) atoms. The Bertz CT molecular complexity index is 4190. The zero-order chi connectivity index (χ0) is 64.6. The highest BCUT2D eigenvalue weighted by molar-refractivity contribution is 7.52. The lowest BCUT2D eigenvalue weighted by atomic mass is 10.1. The van der Waals surface area contributed by atoms with Crippen LogP contribution in [0.4, 0.5) is 23.3 Å². The third-order valence-corrected chi connectivity index (χ3v) is 18.2. The van der Waals surface area contributed by atoms with Gasteiger partial charge in [0.25, 0.3) is 0 Å². The summed E-state index contributed by atoms with van der Waals surface area (Å²) in [5, 5.41) is 56.9. The number of phosphoric acid groups is 2. The third-order valence-electron chi connectivity index (χ3n) is 14.6. The van der Waals surface area contributed by atoms with Crippen molar-refractivity contribution in [1.82, 2.24) is 78.1 Å². The number of nitrogens with zero attached hydrogens (tertiary/aromatic N) is 16. The molecule has 19 atom stereocenters. The predicted molar refractivity (Wildman–Crippen MR) is 294 cm³/mol. The van der Waals surface area contributed by atoms with E-state index >= 15 is 0 Å². The average molecular weight is 1360 g/mol. The first-order chi connectivity index (χ1) is 43.2. The Morgan fingerprint density at radius 1 is 0.396 bits per heavy atom. The van der Waals surface area contributed by atoms with Gasteiger partial charge in [0.2, 0.25) is 0 Å². The van der Waals surface area contributed by atoms with Gasteiger partial charge in [0.05, 0.1) is 51.7 Å². The third kappa shape index (κ3) is 13.0. The predicted octanol–water partition coefficient (Wildman–Crippen LogP) is -4.23. The lowest BCUT2D eigenvalue weighted by molar-refractivity contribution is -0.0675. The second kappa shape index (κ2) is 25.1. The maximum Gasteiger partial charge on any atom is 0.472 e. The Kier molecular flexibility index (Phi) is 17.8. The highest BCUT2D eigenvalue weighted by Crippen LogP contribution is 2.54. The van der Waals surface area contributed by atoms with Gasteiger partial charge < -0.3 is 101 Å². The highest BCUT2D eigenvalue weighted by atomic mass is 31.2. The summed E-state index contributed by atoms with van der Waals surface area (Å²) in [7, 11) is -20.8. The quantitative estimate of drug-likeness (QED) is 0.0255. The van der Waals surface area contributed by atoms with E-state index in [9.17, 15) is 68.3 Å². The van der Waals surface area contributed by atoms with Gasteiger partial charge in [0.15, 0.2) is 70.8 Å². The van der Waals surface area contributed by atoms with E-state index in [0.29, 0.717) is 0 Å². The van der Waals surface area contributed by atoms with Gasteiger partial charge in [-0.15, -0.1) is 0 Å². The largest absolute Gasteiger partial charge is 0.472 e. The summed E-state index contributed by atoms with van der Waals surface area (Å²) in [6.45, 7) is -3.47. The summed E-state index contributed by atoms with van der Waals surface area (Å²) >= 11 is 0. The van der Waals surface area contributed by atoms with Crippen molar-refractivity contribution in [1.29, 1.82) is 0 Å². The van der Waals surface area contributed by atoms with Crippen LogP contribution in [0, 0.1) is 0 Å². The molecule has 4 aliphatic rings. The van der Waals surface area contributed by atoms with Crippen LogP contribution in [0.25, 0.3) is 44.7 Å². The maximum atomic E-state index is 14.1. The van der Waals surface area contributed by atoms with Gasteiger partial charge in [-0.1, -0.05) is 0 Å².